The summed E-state index contributed by atoms with van der Waals surface area (Å²) in [6.45, 7) is 0.693. The number of aliphatic hydroxyl groups is 1. The van der Waals surface area contributed by atoms with Crippen molar-refractivity contribution in [3.05, 3.63) is 0 Å². The lowest BCUT2D eigenvalue weighted by atomic mass is 9.99. The molecule has 0 amide bonds. The Hall–Kier alpha value is -0.900. The highest BCUT2D eigenvalue weighted by molar-refractivity contribution is 6.36. The van der Waals surface area contributed by atoms with Crippen LogP contribution in [0.5, 0.6) is 0 Å². The van der Waals surface area contributed by atoms with E-state index in [0.29, 0.717) is 18.7 Å². The van der Waals surface area contributed by atoms with Gasteiger partial charge < -0.3 is 9.84 Å². The molecular weight excluding hydrogens is 158 g/mol. The Morgan fingerprint density at radius 2 is 2.58 bits per heavy atom. The van der Waals surface area contributed by atoms with Crippen molar-refractivity contribution in [1.82, 2.24) is 0 Å². The molecule has 0 bridgehead atoms. The number of carbonyl (C=O) groups excluding carboxylic acids is 1. The Kier molecular flexibility index (Phi) is 3.22. The summed E-state index contributed by atoms with van der Waals surface area (Å²) in [5.41, 5.74) is 0.502. The number of rotatable bonds is 2. The summed E-state index contributed by atoms with van der Waals surface area (Å²) in [6, 6.07) is 0. The van der Waals surface area contributed by atoms with Crippen LogP contribution in [0.2, 0.25) is 0 Å². The molecule has 0 aromatic rings. The maximum atomic E-state index is 10.9. The number of nitrogens with zero attached hydrogens (tertiary/aromatic N) is 1. The molecule has 1 unspecified atom stereocenters. The number of aliphatic imine (C=N–C) groups is 1. The lowest BCUT2D eigenvalue weighted by molar-refractivity contribution is -0.132. The summed E-state index contributed by atoms with van der Waals surface area (Å²) >= 11 is 0. The Balaban J connectivity index is 2.49. The average molecular weight is 171 g/mol. The van der Waals surface area contributed by atoms with Crippen LogP contribution in [0, 0.1) is 5.92 Å². The lowest BCUT2D eigenvalue weighted by Gasteiger charge is -2.17. The molecule has 0 spiro atoms. The maximum absolute atomic E-state index is 10.9. The van der Waals surface area contributed by atoms with Crippen LogP contribution in [0.4, 0.5) is 0 Å². The minimum absolute atomic E-state index is 0.151. The van der Waals surface area contributed by atoms with Crippen molar-refractivity contribution in [2.24, 2.45) is 10.9 Å². The first-order chi connectivity index (χ1) is 5.77. The van der Waals surface area contributed by atoms with Gasteiger partial charge in [-0.3, -0.25) is 4.99 Å². The topological polar surface area (TPSA) is 58.9 Å². The zero-order valence-electron chi connectivity index (χ0n) is 7.12. The van der Waals surface area contributed by atoms with Crippen molar-refractivity contribution in [2.75, 3.05) is 20.3 Å². The number of esters is 1. The zero-order chi connectivity index (χ0) is 8.97. The average Bonchev–Trinajstić information content (AvgIpc) is 2.17. The SMILES string of the molecule is COC(=O)C1=NCC(CO)CC1. The molecule has 0 fully saturated rings. The van der Waals surface area contributed by atoms with Crippen LogP contribution < -0.4 is 0 Å². The van der Waals surface area contributed by atoms with Gasteiger partial charge in [0, 0.05) is 19.1 Å². The minimum Gasteiger partial charge on any atom is -0.465 e. The van der Waals surface area contributed by atoms with Gasteiger partial charge in [-0.05, 0) is 12.8 Å². The molecule has 0 saturated carbocycles. The molecule has 1 rings (SSSR count). The summed E-state index contributed by atoms with van der Waals surface area (Å²) < 4.78 is 4.53. The molecule has 1 N–H and O–H groups in total. The molecule has 0 aliphatic carbocycles. The van der Waals surface area contributed by atoms with E-state index in [1.165, 1.54) is 7.11 Å². The molecule has 0 radical (unpaired) electrons. The first-order valence-corrected chi connectivity index (χ1v) is 4.00. The Labute approximate surface area is 71.3 Å². The van der Waals surface area contributed by atoms with Gasteiger partial charge in [-0.2, -0.15) is 0 Å². The zero-order valence-corrected chi connectivity index (χ0v) is 7.12. The first kappa shape index (κ1) is 9.19. The minimum atomic E-state index is -0.341. The first-order valence-electron chi connectivity index (χ1n) is 4.00. The summed E-state index contributed by atoms with van der Waals surface area (Å²) in [7, 11) is 1.35. The van der Waals surface area contributed by atoms with Crippen molar-refractivity contribution < 1.29 is 14.6 Å². The number of ether oxygens (including phenoxy) is 1. The molecule has 4 nitrogen and oxygen atoms in total. The third-order valence-electron chi connectivity index (χ3n) is 2.01. The Morgan fingerprint density at radius 3 is 3.00 bits per heavy atom. The van der Waals surface area contributed by atoms with E-state index in [9.17, 15) is 4.79 Å². The fourth-order valence-electron chi connectivity index (χ4n) is 1.18. The number of hydrogen-bond acceptors (Lipinski definition) is 4. The normalized spacial score (nSPS) is 23.2. The van der Waals surface area contributed by atoms with Gasteiger partial charge >= 0.3 is 5.97 Å². The van der Waals surface area contributed by atoms with E-state index in [0.717, 1.165) is 6.42 Å². The largest absolute Gasteiger partial charge is 0.465 e. The van der Waals surface area contributed by atoms with E-state index >= 15 is 0 Å². The third kappa shape index (κ3) is 2.04. The van der Waals surface area contributed by atoms with Crippen LogP contribution in [0.3, 0.4) is 0 Å². The van der Waals surface area contributed by atoms with E-state index in [1.807, 2.05) is 0 Å². The van der Waals surface area contributed by atoms with Crippen LogP contribution in [0.15, 0.2) is 4.99 Å². The standard InChI is InChI=1S/C8H13NO3/c1-12-8(11)7-3-2-6(5-10)4-9-7/h6,10H,2-5H2,1H3. The second kappa shape index (κ2) is 4.21. The van der Waals surface area contributed by atoms with Crippen molar-refractivity contribution in [1.29, 1.82) is 0 Å². The number of methoxy groups -OCH3 is 1. The molecule has 1 aliphatic heterocycles. The number of hydrogen-bond donors (Lipinski definition) is 1. The molecule has 1 atom stereocenters. The predicted molar refractivity (Wildman–Crippen MR) is 44.1 cm³/mol. The lowest BCUT2D eigenvalue weighted by Crippen LogP contribution is -2.24. The molecular formula is C8H13NO3. The Bertz CT molecular complexity index is 200. The molecule has 0 aromatic carbocycles. The molecule has 12 heavy (non-hydrogen) atoms. The quantitative estimate of drug-likeness (QED) is 0.595. The summed E-state index contributed by atoms with van der Waals surface area (Å²) in [4.78, 5) is 15.0. The maximum Gasteiger partial charge on any atom is 0.351 e. The van der Waals surface area contributed by atoms with Gasteiger partial charge in [0.15, 0.2) is 0 Å². The Morgan fingerprint density at radius 1 is 1.83 bits per heavy atom. The highest BCUT2D eigenvalue weighted by Gasteiger charge is 2.19. The molecule has 68 valence electrons. The van der Waals surface area contributed by atoms with Gasteiger partial charge in [-0.1, -0.05) is 0 Å². The van der Waals surface area contributed by atoms with Crippen LogP contribution in [-0.4, -0.2) is 37.0 Å². The van der Waals surface area contributed by atoms with Gasteiger partial charge in [0.05, 0.1) is 7.11 Å². The summed E-state index contributed by atoms with van der Waals surface area (Å²) in [5, 5.41) is 8.79. The van der Waals surface area contributed by atoms with Crippen molar-refractivity contribution in [3.63, 3.8) is 0 Å². The third-order valence-corrected chi connectivity index (χ3v) is 2.01. The second-order valence-corrected chi connectivity index (χ2v) is 2.87. The monoisotopic (exact) mass is 171 g/mol. The van der Waals surface area contributed by atoms with Gasteiger partial charge in [0.25, 0.3) is 0 Å². The molecule has 0 aromatic heterocycles. The van der Waals surface area contributed by atoms with Crippen molar-refractivity contribution in [2.45, 2.75) is 12.8 Å². The van der Waals surface area contributed by atoms with Crippen LogP contribution in [0.1, 0.15) is 12.8 Å². The number of aliphatic hydroxyl groups excluding tert-OH is 1. The molecule has 4 heteroatoms. The van der Waals surface area contributed by atoms with Crippen LogP contribution >= 0.6 is 0 Å². The van der Waals surface area contributed by atoms with E-state index in [-0.39, 0.29) is 18.5 Å². The molecule has 0 saturated heterocycles. The summed E-state index contributed by atoms with van der Waals surface area (Å²) in [5.74, 6) is -0.121. The van der Waals surface area contributed by atoms with Gasteiger partial charge in [-0.25, -0.2) is 4.79 Å². The van der Waals surface area contributed by atoms with Gasteiger partial charge in [-0.15, -0.1) is 0 Å². The highest BCUT2D eigenvalue weighted by atomic mass is 16.5. The van der Waals surface area contributed by atoms with Crippen LogP contribution in [-0.2, 0) is 9.53 Å². The smallest absolute Gasteiger partial charge is 0.351 e. The van der Waals surface area contributed by atoms with Gasteiger partial charge in [0.1, 0.15) is 5.71 Å². The summed E-state index contributed by atoms with van der Waals surface area (Å²) in [6.07, 6.45) is 1.45. The van der Waals surface area contributed by atoms with E-state index < -0.39 is 0 Å². The van der Waals surface area contributed by atoms with Gasteiger partial charge in [0.2, 0.25) is 0 Å². The highest BCUT2D eigenvalue weighted by Crippen LogP contribution is 2.13. The predicted octanol–water partition coefficient (Wildman–Crippen LogP) is 0.00270. The van der Waals surface area contributed by atoms with Crippen molar-refractivity contribution in [3.8, 4) is 0 Å². The van der Waals surface area contributed by atoms with E-state index in [1.54, 1.807) is 0 Å². The fourth-order valence-corrected chi connectivity index (χ4v) is 1.18. The molecule has 1 aliphatic rings. The second-order valence-electron chi connectivity index (χ2n) is 2.87. The van der Waals surface area contributed by atoms with Crippen LogP contribution in [0.25, 0.3) is 0 Å². The fraction of sp³-hybridized carbons (Fsp3) is 0.750. The number of carbonyl (C=O) groups is 1. The van der Waals surface area contributed by atoms with E-state index in [4.69, 9.17) is 5.11 Å². The van der Waals surface area contributed by atoms with Crippen molar-refractivity contribution >= 4 is 11.7 Å². The van der Waals surface area contributed by atoms with E-state index in [2.05, 4.69) is 9.73 Å². The molecule has 1 heterocycles.